The molecule has 136 valence electrons. The molecule has 0 aromatic heterocycles. The van der Waals surface area contributed by atoms with Crippen molar-refractivity contribution in [1.82, 2.24) is 0 Å². The van der Waals surface area contributed by atoms with E-state index in [1.807, 2.05) is 0 Å². The van der Waals surface area contributed by atoms with Crippen molar-refractivity contribution in [3.63, 3.8) is 0 Å². The van der Waals surface area contributed by atoms with Gasteiger partial charge < -0.3 is 14.2 Å². The van der Waals surface area contributed by atoms with Crippen molar-refractivity contribution in [2.24, 2.45) is 0 Å². The molecule has 26 heavy (non-hydrogen) atoms. The highest BCUT2D eigenvalue weighted by Gasteiger charge is 2.53. The van der Waals surface area contributed by atoms with Crippen molar-refractivity contribution < 1.29 is 32.6 Å². The summed E-state index contributed by atoms with van der Waals surface area (Å²) >= 11 is 0. The Morgan fingerprint density at radius 3 is 2.08 bits per heavy atom. The molecule has 0 aliphatic carbocycles. The number of ether oxygens (including phenoxy) is 3. The van der Waals surface area contributed by atoms with Gasteiger partial charge in [0, 0.05) is 6.42 Å². The van der Waals surface area contributed by atoms with Crippen LogP contribution in [0.3, 0.4) is 0 Å². The van der Waals surface area contributed by atoms with Gasteiger partial charge in [-0.25, -0.2) is 9.59 Å². The first-order chi connectivity index (χ1) is 12.5. The Morgan fingerprint density at radius 1 is 0.962 bits per heavy atom. The van der Waals surface area contributed by atoms with Crippen molar-refractivity contribution in [3.05, 3.63) is 71.8 Å². The fraction of sp³-hybridized carbons (Fsp3) is 0.263. The number of carbonyl (C=O) groups is 2. The van der Waals surface area contributed by atoms with Crippen molar-refractivity contribution in [2.45, 2.75) is 24.7 Å². The number of hydrogen-bond acceptors (Lipinski definition) is 5. The SMILES string of the molecule is O=C(OC[C@H]1CC(F)(F)C(OC(=O)c2ccccc2)O1)c1ccccc1. The van der Waals surface area contributed by atoms with Crippen LogP contribution >= 0.6 is 0 Å². The summed E-state index contributed by atoms with van der Waals surface area (Å²) in [6.45, 7) is -0.358. The Hall–Kier alpha value is -2.80. The number of halogens is 2. The molecule has 0 radical (unpaired) electrons. The first kappa shape index (κ1) is 18.0. The van der Waals surface area contributed by atoms with Gasteiger partial charge in [0.2, 0.25) is 0 Å². The molecule has 7 heteroatoms. The molecule has 2 atom stereocenters. The maximum Gasteiger partial charge on any atom is 0.340 e. The maximum absolute atomic E-state index is 14.0. The highest BCUT2D eigenvalue weighted by atomic mass is 19.3. The average molecular weight is 362 g/mol. The summed E-state index contributed by atoms with van der Waals surface area (Å²) in [6.07, 6.45) is -3.79. The second-order valence-corrected chi connectivity index (χ2v) is 5.79. The average Bonchev–Trinajstić information content (AvgIpc) is 2.94. The topological polar surface area (TPSA) is 61.8 Å². The van der Waals surface area contributed by atoms with Gasteiger partial charge in [0.05, 0.1) is 11.1 Å². The summed E-state index contributed by atoms with van der Waals surface area (Å²) < 4.78 is 43.0. The Bertz CT molecular complexity index is 764. The second kappa shape index (κ2) is 7.61. The van der Waals surface area contributed by atoms with Crippen molar-refractivity contribution >= 4 is 11.9 Å². The molecule has 0 amide bonds. The van der Waals surface area contributed by atoms with E-state index in [0.717, 1.165) is 0 Å². The molecule has 1 aliphatic rings. The normalized spacial score (nSPS) is 21.2. The van der Waals surface area contributed by atoms with Crippen molar-refractivity contribution in [1.29, 1.82) is 0 Å². The van der Waals surface area contributed by atoms with Gasteiger partial charge in [-0.15, -0.1) is 0 Å². The molecule has 0 bridgehead atoms. The van der Waals surface area contributed by atoms with Crippen LogP contribution in [-0.2, 0) is 14.2 Å². The largest absolute Gasteiger partial charge is 0.459 e. The predicted molar refractivity (Wildman–Crippen MR) is 86.8 cm³/mol. The highest BCUT2D eigenvalue weighted by Crippen LogP contribution is 2.37. The van der Waals surface area contributed by atoms with Crippen LogP contribution in [0.2, 0.25) is 0 Å². The molecule has 0 spiro atoms. The maximum atomic E-state index is 14.0. The highest BCUT2D eigenvalue weighted by molar-refractivity contribution is 5.89. The lowest BCUT2D eigenvalue weighted by molar-refractivity contribution is -0.190. The lowest BCUT2D eigenvalue weighted by Crippen LogP contribution is -2.33. The molecule has 1 aliphatic heterocycles. The van der Waals surface area contributed by atoms with Gasteiger partial charge in [0.15, 0.2) is 0 Å². The zero-order valence-electron chi connectivity index (χ0n) is 13.6. The summed E-state index contributed by atoms with van der Waals surface area (Å²) in [4.78, 5) is 23.8. The zero-order chi connectivity index (χ0) is 18.6. The van der Waals surface area contributed by atoms with Gasteiger partial charge in [-0.05, 0) is 24.3 Å². The third-order valence-corrected chi connectivity index (χ3v) is 3.79. The van der Waals surface area contributed by atoms with Crippen LogP contribution in [0, 0.1) is 0 Å². The summed E-state index contributed by atoms with van der Waals surface area (Å²) in [6, 6.07) is 16.0. The molecule has 1 unspecified atom stereocenters. The van der Waals surface area contributed by atoms with Gasteiger partial charge in [0.25, 0.3) is 6.29 Å². The van der Waals surface area contributed by atoms with E-state index in [0.29, 0.717) is 5.56 Å². The van der Waals surface area contributed by atoms with Gasteiger partial charge in [-0.2, -0.15) is 8.78 Å². The molecule has 5 nitrogen and oxygen atoms in total. The Labute approximate surface area is 148 Å². The van der Waals surface area contributed by atoms with E-state index in [4.69, 9.17) is 14.2 Å². The number of carbonyl (C=O) groups excluding carboxylic acids is 2. The van der Waals surface area contributed by atoms with Crippen LogP contribution < -0.4 is 0 Å². The van der Waals surface area contributed by atoms with Gasteiger partial charge >= 0.3 is 17.9 Å². The van der Waals surface area contributed by atoms with E-state index < -0.39 is 36.7 Å². The monoisotopic (exact) mass is 362 g/mol. The molecule has 2 aromatic rings. The fourth-order valence-corrected chi connectivity index (χ4v) is 2.50. The first-order valence-electron chi connectivity index (χ1n) is 7.97. The fourth-order valence-electron chi connectivity index (χ4n) is 2.50. The van der Waals surface area contributed by atoms with Crippen LogP contribution in [0.25, 0.3) is 0 Å². The molecule has 2 aromatic carbocycles. The minimum atomic E-state index is -3.37. The molecular weight excluding hydrogens is 346 g/mol. The van der Waals surface area contributed by atoms with E-state index in [2.05, 4.69) is 0 Å². The van der Waals surface area contributed by atoms with Crippen LogP contribution in [0.5, 0.6) is 0 Å². The molecule has 0 saturated carbocycles. The Morgan fingerprint density at radius 2 is 1.50 bits per heavy atom. The number of alkyl halides is 2. The molecular formula is C19H16F2O5. The first-order valence-corrected chi connectivity index (χ1v) is 7.97. The lowest BCUT2D eigenvalue weighted by Gasteiger charge is -2.18. The third-order valence-electron chi connectivity index (χ3n) is 3.79. The van der Waals surface area contributed by atoms with Gasteiger partial charge in [-0.3, -0.25) is 0 Å². The summed E-state index contributed by atoms with van der Waals surface area (Å²) in [5.74, 6) is -4.91. The van der Waals surface area contributed by atoms with Gasteiger partial charge in [-0.1, -0.05) is 36.4 Å². The molecule has 3 rings (SSSR count). The molecule has 0 N–H and O–H groups in total. The molecule has 1 heterocycles. The summed E-state index contributed by atoms with van der Waals surface area (Å²) in [5.41, 5.74) is 0.454. The van der Waals surface area contributed by atoms with Crippen molar-refractivity contribution in [3.8, 4) is 0 Å². The van der Waals surface area contributed by atoms with Crippen molar-refractivity contribution in [2.75, 3.05) is 6.61 Å². The molecule has 1 saturated heterocycles. The zero-order valence-corrected chi connectivity index (χ0v) is 13.6. The van der Waals surface area contributed by atoms with Crippen LogP contribution in [0.15, 0.2) is 60.7 Å². The molecule has 1 fully saturated rings. The van der Waals surface area contributed by atoms with E-state index in [1.54, 1.807) is 48.5 Å². The van der Waals surface area contributed by atoms with E-state index in [9.17, 15) is 18.4 Å². The number of esters is 2. The summed E-state index contributed by atoms with van der Waals surface area (Å²) in [7, 11) is 0. The number of rotatable bonds is 5. The van der Waals surface area contributed by atoms with E-state index in [1.165, 1.54) is 12.1 Å². The number of hydrogen-bond donors (Lipinski definition) is 0. The third kappa shape index (κ3) is 4.23. The lowest BCUT2D eigenvalue weighted by atomic mass is 10.2. The smallest absolute Gasteiger partial charge is 0.340 e. The van der Waals surface area contributed by atoms with Crippen LogP contribution in [0.4, 0.5) is 8.78 Å². The predicted octanol–water partition coefficient (Wildman–Crippen LogP) is 3.45. The van der Waals surface area contributed by atoms with Crippen LogP contribution in [0.1, 0.15) is 27.1 Å². The number of benzene rings is 2. The quantitative estimate of drug-likeness (QED) is 0.763. The second-order valence-electron chi connectivity index (χ2n) is 5.79. The minimum Gasteiger partial charge on any atom is -0.459 e. The Balaban J connectivity index is 1.56. The van der Waals surface area contributed by atoms with E-state index in [-0.39, 0.29) is 12.2 Å². The Kier molecular flexibility index (Phi) is 5.27. The van der Waals surface area contributed by atoms with E-state index >= 15 is 0 Å². The van der Waals surface area contributed by atoms with Gasteiger partial charge in [0.1, 0.15) is 12.7 Å². The summed E-state index contributed by atoms with van der Waals surface area (Å²) in [5, 5.41) is 0. The van der Waals surface area contributed by atoms with Crippen LogP contribution in [-0.4, -0.2) is 36.9 Å². The standard InChI is InChI=1S/C19H16F2O5/c20-19(21)11-15(12-24-16(22)13-7-3-1-4-8-13)25-18(19)26-17(23)14-9-5-2-6-10-14/h1-10,15,18H,11-12H2/t15-,18?/m1/s1. The minimum absolute atomic E-state index is 0.144.